The number of hydrogen-bond acceptors (Lipinski definition) is 5. The van der Waals surface area contributed by atoms with Crippen molar-refractivity contribution < 1.29 is 28.2 Å². The first-order chi connectivity index (χ1) is 12.8. The molecule has 0 radical (unpaired) electrons. The van der Waals surface area contributed by atoms with Crippen LogP contribution in [0.15, 0.2) is 12.1 Å². The van der Waals surface area contributed by atoms with Crippen LogP contribution in [-0.4, -0.2) is 24.5 Å². The molecule has 1 atom stereocenters. The SMILES string of the molecule is CC(=O)Nc1c(OC(C)=O)ccc(C(C)CCCCCCF)c1OC(C)=O. The molecule has 0 aliphatic carbocycles. The molecule has 0 saturated heterocycles. The van der Waals surface area contributed by atoms with Crippen molar-refractivity contribution in [2.75, 3.05) is 12.0 Å². The second-order valence-corrected chi connectivity index (χ2v) is 6.52. The minimum Gasteiger partial charge on any atom is -0.424 e. The summed E-state index contributed by atoms with van der Waals surface area (Å²) in [5.41, 5.74) is 0.894. The molecule has 0 heterocycles. The molecule has 0 aliphatic rings. The third kappa shape index (κ3) is 7.76. The molecule has 6 nitrogen and oxygen atoms in total. The largest absolute Gasteiger partial charge is 0.424 e. The fraction of sp³-hybridized carbons (Fsp3) is 0.550. The molecule has 0 bridgehead atoms. The molecule has 0 aromatic heterocycles. The van der Waals surface area contributed by atoms with Gasteiger partial charge in [0.15, 0.2) is 11.5 Å². The number of esters is 2. The van der Waals surface area contributed by atoms with Crippen molar-refractivity contribution in [2.24, 2.45) is 0 Å². The average molecular weight is 381 g/mol. The molecule has 1 N–H and O–H groups in total. The first kappa shape index (κ1) is 22.6. The van der Waals surface area contributed by atoms with Gasteiger partial charge in [0.1, 0.15) is 5.69 Å². The van der Waals surface area contributed by atoms with Gasteiger partial charge in [0.2, 0.25) is 5.91 Å². The highest BCUT2D eigenvalue weighted by Gasteiger charge is 2.22. The molecule has 150 valence electrons. The van der Waals surface area contributed by atoms with Gasteiger partial charge in [0, 0.05) is 26.3 Å². The summed E-state index contributed by atoms with van der Waals surface area (Å²) in [6.45, 7) is 5.51. The Kier molecular flexibility index (Phi) is 9.47. The van der Waals surface area contributed by atoms with Crippen LogP contribution in [0.5, 0.6) is 11.5 Å². The van der Waals surface area contributed by atoms with Crippen molar-refractivity contribution in [1.29, 1.82) is 0 Å². The number of nitrogens with one attached hydrogen (secondary N) is 1. The molecule has 0 aliphatic heterocycles. The summed E-state index contributed by atoms with van der Waals surface area (Å²) in [4.78, 5) is 34.6. The molecule has 1 aromatic rings. The second-order valence-electron chi connectivity index (χ2n) is 6.52. The number of hydrogen-bond donors (Lipinski definition) is 1. The highest BCUT2D eigenvalue weighted by atomic mass is 19.1. The zero-order valence-corrected chi connectivity index (χ0v) is 16.4. The van der Waals surface area contributed by atoms with Gasteiger partial charge in [-0.25, -0.2) is 0 Å². The fourth-order valence-electron chi connectivity index (χ4n) is 2.81. The predicted octanol–water partition coefficient (Wildman–Crippen LogP) is 4.52. The number of carbonyl (C=O) groups excluding carboxylic acids is 3. The summed E-state index contributed by atoms with van der Waals surface area (Å²) in [5, 5.41) is 2.60. The van der Waals surface area contributed by atoms with E-state index in [-0.39, 0.29) is 35.7 Å². The van der Waals surface area contributed by atoms with Crippen molar-refractivity contribution >= 4 is 23.5 Å². The molecule has 1 amide bonds. The highest BCUT2D eigenvalue weighted by molar-refractivity contribution is 5.94. The lowest BCUT2D eigenvalue weighted by atomic mass is 9.93. The van der Waals surface area contributed by atoms with E-state index < -0.39 is 11.9 Å². The van der Waals surface area contributed by atoms with E-state index in [1.807, 2.05) is 6.92 Å². The second kappa shape index (κ2) is 11.3. The van der Waals surface area contributed by atoms with Crippen LogP contribution in [0.1, 0.15) is 71.3 Å². The smallest absolute Gasteiger partial charge is 0.308 e. The topological polar surface area (TPSA) is 81.7 Å². The first-order valence-corrected chi connectivity index (χ1v) is 9.13. The molecule has 7 heteroatoms. The summed E-state index contributed by atoms with van der Waals surface area (Å²) < 4.78 is 22.7. The Bertz CT molecular complexity index is 675. The molecule has 1 unspecified atom stereocenters. The molecule has 27 heavy (non-hydrogen) atoms. The van der Waals surface area contributed by atoms with Gasteiger partial charge in [0.25, 0.3) is 0 Å². The number of carbonyl (C=O) groups is 3. The third-order valence-corrected chi connectivity index (χ3v) is 4.00. The van der Waals surface area contributed by atoms with E-state index in [9.17, 15) is 18.8 Å². The monoisotopic (exact) mass is 381 g/mol. The highest BCUT2D eigenvalue weighted by Crippen LogP contribution is 2.42. The van der Waals surface area contributed by atoms with E-state index >= 15 is 0 Å². The van der Waals surface area contributed by atoms with Gasteiger partial charge in [-0.2, -0.15) is 0 Å². The minimum absolute atomic E-state index is 0.0311. The van der Waals surface area contributed by atoms with Crippen molar-refractivity contribution in [1.82, 2.24) is 0 Å². The number of amides is 1. The van der Waals surface area contributed by atoms with Gasteiger partial charge in [0.05, 0.1) is 6.67 Å². The molecule has 0 spiro atoms. The Morgan fingerprint density at radius 1 is 1.00 bits per heavy atom. The summed E-state index contributed by atoms with van der Waals surface area (Å²) in [6, 6.07) is 3.31. The molecular formula is C20H28FNO5. The van der Waals surface area contributed by atoms with Crippen LogP contribution >= 0.6 is 0 Å². The van der Waals surface area contributed by atoms with Crippen molar-refractivity contribution in [2.45, 2.75) is 65.7 Å². The Morgan fingerprint density at radius 3 is 2.19 bits per heavy atom. The Morgan fingerprint density at radius 2 is 1.63 bits per heavy atom. The first-order valence-electron chi connectivity index (χ1n) is 9.13. The number of anilines is 1. The lowest BCUT2D eigenvalue weighted by Crippen LogP contribution is -2.15. The maximum atomic E-state index is 12.2. The number of rotatable bonds is 10. The molecule has 0 saturated carbocycles. The Balaban J connectivity index is 3.18. The summed E-state index contributed by atoms with van der Waals surface area (Å²) in [6.07, 6.45) is 4.04. The maximum absolute atomic E-state index is 12.2. The normalized spacial score (nSPS) is 11.6. The fourth-order valence-corrected chi connectivity index (χ4v) is 2.81. The van der Waals surface area contributed by atoms with E-state index in [1.165, 1.54) is 20.8 Å². The van der Waals surface area contributed by atoms with E-state index in [0.29, 0.717) is 6.42 Å². The van der Waals surface area contributed by atoms with Crippen LogP contribution in [-0.2, 0) is 14.4 Å². The Labute approximate surface area is 159 Å². The van der Waals surface area contributed by atoms with Crippen molar-refractivity contribution in [3.8, 4) is 11.5 Å². The van der Waals surface area contributed by atoms with E-state index in [1.54, 1.807) is 12.1 Å². The zero-order valence-electron chi connectivity index (χ0n) is 16.4. The van der Waals surface area contributed by atoms with Crippen LogP contribution < -0.4 is 14.8 Å². The average Bonchev–Trinajstić information content (AvgIpc) is 2.56. The number of alkyl halides is 1. The van der Waals surface area contributed by atoms with Crippen LogP contribution in [0, 0.1) is 0 Å². The quantitative estimate of drug-likeness (QED) is 0.366. The molecule has 1 rings (SSSR count). The van der Waals surface area contributed by atoms with Gasteiger partial charge in [-0.1, -0.05) is 32.3 Å². The number of halogens is 1. The molecule has 0 fully saturated rings. The van der Waals surface area contributed by atoms with Gasteiger partial charge < -0.3 is 14.8 Å². The summed E-state index contributed by atoms with van der Waals surface area (Å²) in [5.74, 6) is -1.14. The molecular weight excluding hydrogens is 353 g/mol. The molecule has 1 aromatic carbocycles. The van der Waals surface area contributed by atoms with E-state index in [0.717, 1.165) is 31.2 Å². The summed E-state index contributed by atoms with van der Waals surface area (Å²) >= 11 is 0. The van der Waals surface area contributed by atoms with Crippen LogP contribution in [0.3, 0.4) is 0 Å². The third-order valence-electron chi connectivity index (χ3n) is 4.00. The van der Waals surface area contributed by atoms with Crippen LogP contribution in [0.4, 0.5) is 10.1 Å². The number of ether oxygens (including phenoxy) is 2. The standard InChI is InChI=1S/C20H28FNO5/c1-13(9-7-5-6-8-12-21)17-10-11-18(26-15(3)24)19(22-14(2)23)20(17)27-16(4)25/h10-11,13H,5-9,12H2,1-4H3,(H,22,23). The van der Waals surface area contributed by atoms with E-state index in [2.05, 4.69) is 5.32 Å². The van der Waals surface area contributed by atoms with Crippen LogP contribution in [0.25, 0.3) is 0 Å². The lowest BCUT2D eigenvalue weighted by Gasteiger charge is -2.21. The van der Waals surface area contributed by atoms with Gasteiger partial charge in [-0.3, -0.25) is 18.8 Å². The number of unbranched alkanes of at least 4 members (excludes halogenated alkanes) is 3. The van der Waals surface area contributed by atoms with Crippen molar-refractivity contribution in [3.05, 3.63) is 17.7 Å². The van der Waals surface area contributed by atoms with E-state index in [4.69, 9.17) is 9.47 Å². The Hall–Kier alpha value is -2.44. The minimum atomic E-state index is -0.552. The van der Waals surface area contributed by atoms with Gasteiger partial charge in [-0.05, 0) is 24.8 Å². The van der Waals surface area contributed by atoms with Gasteiger partial charge >= 0.3 is 11.9 Å². The maximum Gasteiger partial charge on any atom is 0.308 e. The number of benzene rings is 1. The zero-order chi connectivity index (χ0) is 20.4. The summed E-state index contributed by atoms with van der Waals surface area (Å²) in [7, 11) is 0. The van der Waals surface area contributed by atoms with Crippen molar-refractivity contribution in [3.63, 3.8) is 0 Å². The van der Waals surface area contributed by atoms with Crippen LogP contribution in [0.2, 0.25) is 0 Å². The lowest BCUT2D eigenvalue weighted by molar-refractivity contribution is -0.132. The van der Waals surface area contributed by atoms with Gasteiger partial charge in [-0.15, -0.1) is 0 Å². The predicted molar refractivity (Wildman–Crippen MR) is 101 cm³/mol.